The van der Waals surface area contributed by atoms with E-state index in [4.69, 9.17) is 5.11 Å². The smallest absolute Gasteiger partial charge is 0.220 e. The van der Waals surface area contributed by atoms with Crippen molar-refractivity contribution in [3.8, 4) is 0 Å². The van der Waals surface area contributed by atoms with Crippen LogP contribution in [0.1, 0.15) is 19.8 Å². The van der Waals surface area contributed by atoms with Crippen LogP contribution in [0, 0.1) is 0 Å². The molecule has 0 aliphatic carbocycles. The van der Waals surface area contributed by atoms with Crippen molar-refractivity contribution in [2.75, 3.05) is 0 Å². The zero-order valence-corrected chi connectivity index (χ0v) is 7.57. The lowest BCUT2D eigenvalue weighted by Gasteiger charge is -2.10. The molecule has 0 aliphatic heterocycles. The molecular formula is C4H8INOS. The maximum Gasteiger partial charge on any atom is 0.220 e. The monoisotopic (exact) mass is 245 g/mol. The van der Waals surface area contributed by atoms with Crippen LogP contribution in [0.4, 0.5) is 0 Å². The van der Waals surface area contributed by atoms with E-state index in [0.29, 0.717) is 6.42 Å². The number of aliphatic hydroxyl groups is 1. The standard InChI is InChI=1S/C4H8INOS/c1-2-3-4(5,7)6-8/h7H,2-3H2,1H3. The second-order valence-corrected chi connectivity index (χ2v) is 3.47. The first kappa shape index (κ1) is 8.71. The van der Waals surface area contributed by atoms with E-state index in [-0.39, 0.29) is 0 Å². The number of rotatable bonds is 3. The third-order valence-corrected chi connectivity index (χ3v) is 2.12. The van der Waals surface area contributed by atoms with Gasteiger partial charge in [-0.2, -0.15) is 4.36 Å². The fourth-order valence-electron chi connectivity index (χ4n) is 0.364. The van der Waals surface area contributed by atoms with Gasteiger partial charge in [0.25, 0.3) is 0 Å². The summed E-state index contributed by atoms with van der Waals surface area (Å²) in [4.78, 5) is 0. The lowest BCUT2D eigenvalue weighted by atomic mass is 10.3. The Hall–Kier alpha value is 0.710. The van der Waals surface area contributed by atoms with E-state index in [1.807, 2.05) is 29.5 Å². The minimum absolute atomic E-state index is 0.636. The largest absolute Gasteiger partial charge is 0.361 e. The number of alkyl halides is 1. The minimum atomic E-state index is -0.998. The summed E-state index contributed by atoms with van der Waals surface area (Å²) < 4.78 is 2.34. The average molecular weight is 245 g/mol. The molecule has 0 rings (SSSR count). The topological polar surface area (TPSA) is 32.6 Å². The predicted octanol–water partition coefficient (Wildman–Crippen LogP) is 1.60. The Kier molecular flexibility index (Phi) is 4.01. The molecule has 0 saturated heterocycles. The van der Waals surface area contributed by atoms with Crippen molar-refractivity contribution < 1.29 is 5.11 Å². The molecule has 0 aromatic rings. The molecule has 0 aromatic heterocycles. The lowest BCUT2D eigenvalue weighted by molar-refractivity contribution is 0.158. The van der Waals surface area contributed by atoms with Gasteiger partial charge in [-0.25, -0.2) is 0 Å². The Morgan fingerprint density at radius 2 is 2.38 bits per heavy atom. The zero-order chi connectivity index (χ0) is 6.62. The summed E-state index contributed by atoms with van der Waals surface area (Å²) in [7, 11) is 0. The van der Waals surface area contributed by atoms with Crippen LogP contribution >= 0.6 is 22.6 Å². The highest BCUT2D eigenvalue weighted by molar-refractivity contribution is 14.1. The molecular weight excluding hydrogens is 237 g/mol. The van der Waals surface area contributed by atoms with Crippen LogP contribution in [0.2, 0.25) is 0 Å². The summed E-state index contributed by atoms with van der Waals surface area (Å²) in [6.07, 6.45) is 1.54. The fourth-order valence-corrected chi connectivity index (χ4v) is 0.994. The Bertz CT molecular complexity index is 86.1. The lowest BCUT2D eigenvalue weighted by Crippen LogP contribution is -2.13. The summed E-state index contributed by atoms with van der Waals surface area (Å²) in [5.41, 5.74) is 0. The third kappa shape index (κ3) is 3.68. The number of hydrogen-bond donors (Lipinski definition) is 1. The van der Waals surface area contributed by atoms with Crippen LogP contribution in [0.5, 0.6) is 0 Å². The van der Waals surface area contributed by atoms with E-state index in [1.54, 1.807) is 0 Å². The van der Waals surface area contributed by atoms with Gasteiger partial charge in [0.05, 0.1) is 0 Å². The molecule has 48 valence electrons. The molecule has 0 radical (unpaired) electrons. The highest BCUT2D eigenvalue weighted by Crippen LogP contribution is 2.21. The molecule has 1 atom stereocenters. The van der Waals surface area contributed by atoms with Crippen LogP contribution in [0.25, 0.3) is 0 Å². The van der Waals surface area contributed by atoms with E-state index in [9.17, 15) is 0 Å². The van der Waals surface area contributed by atoms with Gasteiger partial charge in [-0.1, -0.05) is 13.3 Å². The maximum atomic E-state index is 9.04. The Balaban J connectivity index is 3.53. The SMILES string of the molecule is CCCC(O)(I)N=S. The Morgan fingerprint density at radius 3 is 2.50 bits per heavy atom. The van der Waals surface area contributed by atoms with Crippen LogP contribution in [-0.4, -0.2) is 8.84 Å². The molecule has 0 fully saturated rings. The number of nitrogens with zero attached hydrogens (tertiary/aromatic N) is 1. The Labute approximate surface area is 68.0 Å². The summed E-state index contributed by atoms with van der Waals surface area (Å²) in [6.45, 7) is 1.98. The summed E-state index contributed by atoms with van der Waals surface area (Å²) in [5.74, 6) is 0. The molecule has 0 spiro atoms. The van der Waals surface area contributed by atoms with E-state index in [0.717, 1.165) is 6.42 Å². The normalized spacial score (nSPS) is 17.4. The van der Waals surface area contributed by atoms with Crippen molar-refractivity contribution in [1.82, 2.24) is 0 Å². The molecule has 0 heterocycles. The van der Waals surface area contributed by atoms with E-state index >= 15 is 0 Å². The van der Waals surface area contributed by atoms with Crippen LogP contribution in [-0.2, 0) is 12.4 Å². The second kappa shape index (κ2) is 3.68. The first-order chi connectivity index (χ1) is 3.62. The molecule has 0 bridgehead atoms. The van der Waals surface area contributed by atoms with Gasteiger partial charge >= 0.3 is 0 Å². The first-order valence-electron chi connectivity index (χ1n) is 2.38. The minimum Gasteiger partial charge on any atom is -0.361 e. The molecule has 0 saturated carbocycles. The van der Waals surface area contributed by atoms with Gasteiger partial charge in [-0.15, -0.1) is 0 Å². The number of hydrogen-bond acceptors (Lipinski definition) is 3. The van der Waals surface area contributed by atoms with Crippen LogP contribution in [0.15, 0.2) is 4.36 Å². The molecule has 0 aliphatic rings. The summed E-state index contributed by atoms with van der Waals surface area (Å²) >= 11 is 6.15. The van der Waals surface area contributed by atoms with Gasteiger partial charge in [-0.05, 0) is 22.6 Å². The molecule has 0 amide bonds. The van der Waals surface area contributed by atoms with E-state index < -0.39 is 3.73 Å². The van der Waals surface area contributed by atoms with Gasteiger partial charge in [0.2, 0.25) is 3.73 Å². The molecule has 8 heavy (non-hydrogen) atoms. The van der Waals surface area contributed by atoms with E-state index in [1.165, 1.54) is 0 Å². The number of halogens is 1. The van der Waals surface area contributed by atoms with E-state index in [2.05, 4.69) is 16.8 Å². The quantitative estimate of drug-likeness (QED) is 0.465. The highest BCUT2D eigenvalue weighted by atomic mass is 127. The maximum absolute atomic E-state index is 9.04. The van der Waals surface area contributed by atoms with Crippen LogP contribution < -0.4 is 0 Å². The second-order valence-electron chi connectivity index (χ2n) is 1.56. The predicted molar refractivity (Wildman–Crippen MR) is 43.7 cm³/mol. The summed E-state index contributed by atoms with van der Waals surface area (Å²) in [6, 6.07) is 0. The average Bonchev–Trinajstić information content (AvgIpc) is 1.67. The zero-order valence-electron chi connectivity index (χ0n) is 4.59. The van der Waals surface area contributed by atoms with Crippen LogP contribution in [0.3, 0.4) is 0 Å². The van der Waals surface area contributed by atoms with Crippen molar-refractivity contribution in [2.24, 2.45) is 4.36 Å². The van der Waals surface area contributed by atoms with Crippen molar-refractivity contribution in [2.45, 2.75) is 23.5 Å². The Morgan fingerprint density at radius 1 is 1.88 bits per heavy atom. The van der Waals surface area contributed by atoms with Crippen molar-refractivity contribution in [3.05, 3.63) is 0 Å². The van der Waals surface area contributed by atoms with Gasteiger partial charge in [0.15, 0.2) is 0 Å². The van der Waals surface area contributed by atoms with Crippen molar-refractivity contribution in [1.29, 1.82) is 0 Å². The van der Waals surface area contributed by atoms with Crippen molar-refractivity contribution in [3.63, 3.8) is 0 Å². The fraction of sp³-hybridized carbons (Fsp3) is 1.00. The molecule has 1 N–H and O–H groups in total. The molecule has 1 unspecified atom stereocenters. The van der Waals surface area contributed by atoms with Crippen molar-refractivity contribution >= 4 is 35.0 Å². The van der Waals surface area contributed by atoms with Gasteiger partial charge in [-0.3, -0.25) is 0 Å². The summed E-state index contributed by atoms with van der Waals surface area (Å²) in [5, 5.41) is 9.04. The third-order valence-electron chi connectivity index (χ3n) is 0.708. The first-order valence-corrected chi connectivity index (χ1v) is 3.82. The van der Waals surface area contributed by atoms with Gasteiger partial charge in [0, 0.05) is 18.8 Å². The van der Waals surface area contributed by atoms with Gasteiger partial charge < -0.3 is 5.11 Å². The molecule has 2 nitrogen and oxygen atoms in total. The molecule has 4 heteroatoms. The molecule has 0 aromatic carbocycles. The highest BCUT2D eigenvalue weighted by Gasteiger charge is 2.17. The van der Waals surface area contributed by atoms with Gasteiger partial charge in [0.1, 0.15) is 0 Å².